The van der Waals surface area contributed by atoms with Gasteiger partial charge >= 0.3 is 12.1 Å². The molecule has 1 aliphatic heterocycles. The lowest BCUT2D eigenvalue weighted by Crippen LogP contribution is -2.20. The van der Waals surface area contributed by atoms with Gasteiger partial charge in [0.05, 0.1) is 13.0 Å². The predicted octanol–water partition coefficient (Wildman–Crippen LogP) is 3.48. The van der Waals surface area contributed by atoms with Crippen molar-refractivity contribution in [2.24, 2.45) is 5.92 Å². The molecule has 2 N–H and O–H groups in total. The van der Waals surface area contributed by atoms with Crippen molar-refractivity contribution in [1.82, 2.24) is 5.32 Å². The lowest BCUT2D eigenvalue weighted by molar-refractivity contribution is -0.143. The van der Waals surface area contributed by atoms with Crippen molar-refractivity contribution in [3.63, 3.8) is 0 Å². The van der Waals surface area contributed by atoms with Gasteiger partial charge in [0.1, 0.15) is 6.61 Å². The number of carbonyl (C=O) groups is 2. The van der Waals surface area contributed by atoms with Gasteiger partial charge in [-0.15, -0.1) is 0 Å². The molecule has 140 valence electrons. The molecule has 6 nitrogen and oxygen atoms in total. The maximum atomic E-state index is 12.0. The largest absolute Gasteiger partial charge is 0.469 e. The standard InChI is InChI=1S/C21H22N2O4/c1-14-10-16(19-11-17(12-22-19)20(24)26-2)8-9-18(14)23-21(25)27-13-15-6-4-3-5-7-15/h3-11,17,22H,12-13H2,1-2H3,(H,23,25). The molecular formula is C21H22N2O4. The third-order valence-corrected chi connectivity index (χ3v) is 4.37. The lowest BCUT2D eigenvalue weighted by atomic mass is 10.1. The highest BCUT2D eigenvalue weighted by molar-refractivity contribution is 5.86. The van der Waals surface area contributed by atoms with Crippen LogP contribution in [-0.4, -0.2) is 25.7 Å². The van der Waals surface area contributed by atoms with Gasteiger partial charge in [0.2, 0.25) is 0 Å². The van der Waals surface area contributed by atoms with E-state index in [2.05, 4.69) is 10.6 Å². The lowest BCUT2D eigenvalue weighted by Gasteiger charge is -2.12. The minimum absolute atomic E-state index is 0.218. The molecule has 0 bridgehead atoms. The van der Waals surface area contributed by atoms with Crippen LogP contribution in [0.1, 0.15) is 16.7 Å². The monoisotopic (exact) mass is 366 g/mol. The van der Waals surface area contributed by atoms with Crippen molar-refractivity contribution < 1.29 is 19.1 Å². The van der Waals surface area contributed by atoms with Crippen LogP contribution in [-0.2, 0) is 20.9 Å². The molecule has 1 atom stereocenters. The van der Waals surface area contributed by atoms with Crippen LogP contribution in [0.25, 0.3) is 5.70 Å². The van der Waals surface area contributed by atoms with Gasteiger partial charge in [-0.05, 0) is 41.8 Å². The fourth-order valence-corrected chi connectivity index (χ4v) is 2.88. The number of methoxy groups -OCH3 is 1. The zero-order chi connectivity index (χ0) is 19.2. The Kier molecular flexibility index (Phi) is 5.76. The minimum Gasteiger partial charge on any atom is -0.469 e. The van der Waals surface area contributed by atoms with Crippen LogP contribution in [0, 0.1) is 12.8 Å². The van der Waals surface area contributed by atoms with E-state index in [0.717, 1.165) is 22.4 Å². The quantitative estimate of drug-likeness (QED) is 0.793. The summed E-state index contributed by atoms with van der Waals surface area (Å²) in [6, 6.07) is 15.2. The van der Waals surface area contributed by atoms with Gasteiger partial charge in [0, 0.05) is 17.9 Å². The molecule has 2 aromatic carbocycles. The molecule has 0 aliphatic carbocycles. The summed E-state index contributed by atoms with van der Waals surface area (Å²) >= 11 is 0. The highest BCUT2D eigenvalue weighted by Gasteiger charge is 2.23. The molecule has 0 fully saturated rings. The summed E-state index contributed by atoms with van der Waals surface area (Å²) in [5.74, 6) is -0.537. The molecule has 2 aromatic rings. The first-order valence-corrected chi connectivity index (χ1v) is 8.69. The van der Waals surface area contributed by atoms with Crippen LogP contribution in [0.4, 0.5) is 10.5 Å². The zero-order valence-corrected chi connectivity index (χ0v) is 15.3. The molecule has 3 rings (SSSR count). The highest BCUT2D eigenvalue weighted by Crippen LogP contribution is 2.25. The number of amides is 1. The van der Waals surface area contributed by atoms with Crippen LogP contribution in [0.2, 0.25) is 0 Å². The van der Waals surface area contributed by atoms with Crippen molar-refractivity contribution in [3.05, 3.63) is 71.3 Å². The molecule has 1 amide bonds. The fourth-order valence-electron chi connectivity index (χ4n) is 2.88. The van der Waals surface area contributed by atoms with Crippen molar-refractivity contribution in [3.8, 4) is 0 Å². The Bertz CT molecular complexity index is 862. The van der Waals surface area contributed by atoms with E-state index in [1.54, 1.807) is 0 Å². The number of carbonyl (C=O) groups excluding carboxylic acids is 2. The Morgan fingerprint density at radius 2 is 1.96 bits per heavy atom. The number of esters is 1. The average molecular weight is 366 g/mol. The summed E-state index contributed by atoms with van der Waals surface area (Å²) < 4.78 is 10.0. The van der Waals surface area contributed by atoms with Gasteiger partial charge in [0.15, 0.2) is 0 Å². The zero-order valence-electron chi connectivity index (χ0n) is 15.3. The molecule has 6 heteroatoms. The number of benzene rings is 2. The third kappa shape index (κ3) is 4.67. The summed E-state index contributed by atoms with van der Waals surface area (Å²) in [6.07, 6.45) is 1.36. The number of anilines is 1. The first kappa shape index (κ1) is 18.5. The van der Waals surface area contributed by atoms with Crippen LogP contribution < -0.4 is 10.6 Å². The molecule has 0 spiro atoms. The minimum atomic E-state index is -0.501. The number of rotatable bonds is 5. The average Bonchev–Trinajstić information content (AvgIpc) is 3.18. The SMILES string of the molecule is COC(=O)C1C=C(c2ccc(NC(=O)OCc3ccccc3)c(C)c2)NC1. The van der Waals surface area contributed by atoms with Crippen LogP contribution in [0.15, 0.2) is 54.6 Å². The van der Waals surface area contributed by atoms with E-state index in [1.807, 2.05) is 61.5 Å². The normalized spacial score (nSPS) is 15.5. The van der Waals surface area contributed by atoms with Gasteiger partial charge in [0.25, 0.3) is 0 Å². The Morgan fingerprint density at radius 3 is 2.67 bits per heavy atom. The van der Waals surface area contributed by atoms with E-state index in [-0.39, 0.29) is 18.5 Å². The van der Waals surface area contributed by atoms with Crippen LogP contribution in [0.3, 0.4) is 0 Å². The number of nitrogens with one attached hydrogen (secondary N) is 2. The molecule has 27 heavy (non-hydrogen) atoms. The van der Waals surface area contributed by atoms with Crippen molar-refractivity contribution in [2.45, 2.75) is 13.5 Å². The molecule has 0 saturated heterocycles. The number of hydrogen-bond donors (Lipinski definition) is 2. The first-order valence-electron chi connectivity index (χ1n) is 8.69. The van der Waals surface area contributed by atoms with Gasteiger partial charge in [-0.2, -0.15) is 0 Å². The summed E-state index contributed by atoms with van der Waals surface area (Å²) in [6.45, 7) is 2.64. The van der Waals surface area contributed by atoms with Gasteiger partial charge in [-0.25, -0.2) is 4.79 Å². The molecule has 1 heterocycles. The molecular weight excluding hydrogens is 344 g/mol. The maximum absolute atomic E-state index is 12.0. The number of aryl methyl sites for hydroxylation is 1. The Morgan fingerprint density at radius 1 is 1.19 bits per heavy atom. The van der Waals surface area contributed by atoms with E-state index in [0.29, 0.717) is 12.2 Å². The van der Waals surface area contributed by atoms with Crippen LogP contribution in [0.5, 0.6) is 0 Å². The van der Waals surface area contributed by atoms with Gasteiger partial charge < -0.3 is 14.8 Å². The van der Waals surface area contributed by atoms with Gasteiger partial charge in [-0.1, -0.05) is 36.4 Å². The van der Waals surface area contributed by atoms with E-state index in [1.165, 1.54) is 7.11 Å². The second-order valence-electron chi connectivity index (χ2n) is 6.31. The molecule has 1 unspecified atom stereocenters. The van der Waals surface area contributed by atoms with Crippen molar-refractivity contribution >= 4 is 23.4 Å². The summed E-state index contributed by atoms with van der Waals surface area (Å²) in [4.78, 5) is 23.7. The highest BCUT2D eigenvalue weighted by atomic mass is 16.5. The van der Waals surface area contributed by atoms with Crippen LogP contribution >= 0.6 is 0 Å². The maximum Gasteiger partial charge on any atom is 0.411 e. The Balaban J connectivity index is 1.61. The molecule has 1 aliphatic rings. The molecule has 0 radical (unpaired) electrons. The third-order valence-electron chi connectivity index (χ3n) is 4.37. The van der Waals surface area contributed by atoms with E-state index in [4.69, 9.17) is 9.47 Å². The fraction of sp³-hybridized carbons (Fsp3) is 0.238. The summed E-state index contributed by atoms with van der Waals surface area (Å²) in [5.41, 5.74) is 4.33. The number of hydrogen-bond acceptors (Lipinski definition) is 5. The van der Waals surface area contributed by atoms with Crippen molar-refractivity contribution in [2.75, 3.05) is 19.0 Å². The van der Waals surface area contributed by atoms with E-state index in [9.17, 15) is 9.59 Å². The summed E-state index contributed by atoms with van der Waals surface area (Å²) in [7, 11) is 1.38. The molecule has 0 saturated carbocycles. The van der Waals surface area contributed by atoms with Crippen molar-refractivity contribution in [1.29, 1.82) is 0 Å². The topological polar surface area (TPSA) is 76.7 Å². The number of ether oxygens (including phenoxy) is 2. The second-order valence-corrected chi connectivity index (χ2v) is 6.31. The Labute approximate surface area is 158 Å². The van der Waals surface area contributed by atoms with Gasteiger partial charge in [-0.3, -0.25) is 10.1 Å². The Hall–Kier alpha value is -3.28. The summed E-state index contributed by atoms with van der Waals surface area (Å²) in [5, 5.41) is 5.97. The smallest absolute Gasteiger partial charge is 0.411 e. The predicted molar refractivity (Wildman–Crippen MR) is 103 cm³/mol. The van der Waals surface area contributed by atoms with E-state index < -0.39 is 6.09 Å². The van der Waals surface area contributed by atoms with E-state index >= 15 is 0 Å². The molecule has 0 aromatic heterocycles. The first-order chi connectivity index (χ1) is 13.1. The second kappa shape index (κ2) is 8.40.